The molecule has 1 aromatic carbocycles. The van der Waals surface area contributed by atoms with Crippen LogP contribution in [0.15, 0.2) is 39.0 Å². The van der Waals surface area contributed by atoms with E-state index >= 15 is 0 Å². The number of esters is 1. The van der Waals surface area contributed by atoms with Crippen molar-refractivity contribution < 1.29 is 23.8 Å². The number of hydrogen-bond acceptors (Lipinski definition) is 8. The quantitative estimate of drug-likeness (QED) is 0.397. The van der Waals surface area contributed by atoms with Gasteiger partial charge in [0.25, 0.3) is 5.56 Å². The number of aromatic nitrogens is 2. The largest absolute Gasteiger partial charge is 0.457 e. The predicted molar refractivity (Wildman–Crippen MR) is 97.4 cm³/mol. The van der Waals surface area contributed by atoms with Gasteiger partial charge in [0, 0.05) is 25.7 Å². The summed E-state index contributed by atoms with van der Waals surface area (Å²) in [5.74, 6) is 0.590. The molecule has 2 aromatic rings. The van der Waals surface area contributed by atoms with Crippen LogP contribution in [-0.4, -0.2) is 34.2 Å². The fraction of sp³-hybridized carbons (Fsp3) is 0.333. The smallest absolute Gasteiger partial charge is 0.347 e. The van der Waals surface area contributed by atoms with Gasteiger partial charge in [0.05, 0.1) is 11.4 Å². The zero-order valence-electron chi connectivity index (χ0n) is 15.6. The lowest BCUT2D eigenvalue weighted by Crippen LogP contribution is -2.38. The van der Waals surface area contributed by atoms with E-state index in [1.165, 1.54) is 24.7 Å². The Bertz CT molecular complexity index is 1050. The molecule has 0 bridgehead atoms. The van der Waals surface area contributed by atoms with Gasteiger partial charge in [-0.1, -0.05) is 5.16 Å². The normalized spacial score (nSPS) is 12.8. The molecular weight excluding hydrogens is 370 g/mol. The molecule has 0 radical (unpaired) electrons. The van der Waals surface area contributed by atoms with Gasteiger partial charge in [-0.2, -0.15) is 0 Å². The van der Waals surface area contributed by atoms with Crippen molar-refractivity contribution in [1.82, 2.24) is 9.13 Å². The van der Waals surface area contributed by atoms with Gasteiger partial charge in [0.1, 0.15) is 6.61 Å². The zero-order valence-corrected chi connectivity index (χ0v) is 15.6. The van der Waals surface area contributed by atoms with Crippen LogP contribution in [0.2, 0.25) is 0 Å². The van der Waals surface area contributed by atoms with Crippen LogP contribution in [0.3, 0.4) is 0 Å². The first kappa shape index (κ1) is 19.2. The van der Waals surface area contributed by atoms with Gasteiger partial charge >= 0.3 is 11.7 Å². The number of benzene rings is 1. The first-order chi connectivity index (χ1) is 13.4. The molecule has 0 N–H and O–H groups in total. The fourth-order valence-corrected chi connectivity index (χ4v) is 2.47. The maximum atomic E-state index is 11.8. The van der Waals surface area contributed by atoms with Crippen molar-refractivity contribution in [2.75, 3.05) is 13.4 Å². The molecule has 28 heavy (non-hydrogen) atoms. The Morgan fingerprint density at radius 2 is 1.89 bits per heavy atom. The van der Waals surface area contributed by atoms with E-state index in [0.717, 1.165) is 10.1 Å². The molecule has 0 saturated carbocycles. The topological polar surface area (TPSA) is 110 Å². The summed E-state index contributed by atoms with van der Waals surface area (Å²) in [5.41, 5.74) is 0.599. The van der Waals surface area contributed by atoms with E-state index in [0.29, 0.717) is 17.2 Å². The summed E-state index contributed by atoms with van der Waals surface area (Å²) >= 11 is 0. The summed E-state index contributed by atoms with van der Waals surface area (Å²) in [7, 11) is 2.86. The molecule has 0 amide bonds. The summed E-state index contributed by atoms with van der Waals surface area (Å²) in [6.07, 6.45) is 0. The van der Waals surface area contributed by atoms with Crippen molar-refractivity contribution >= 4 is 11.7 Å². The molecule has 1 aromatic heterocycles. The average Bonchev–Trinajstić information content (AvgIpc) is 3.15. The summed E-state index contributed by atoms with van der Waals surface area (Å²) in [5, 5.41) is 3.88. The van der Waals surface area contributed by atoms with E-state index in [1.807, 2.05) is 0 Å². The number of carbonyl (C=O) groups excluding carboxylic acids is 1. The Kier molecular flexibility index (Phi) is 5.48. The maximum absolute atomic E-state index is 11.8. The molecule has 1 aliphatic heterocycles. The lowest BCUT2D eigenvalue weighted by atomic mass is 10.1. The van der Waals surface area contributed by atoms with Crippen LogP contribution in [0.1, 0.15) is 18.2 Å². The minimum absolute atomic E-state index is 0.177. The summed E-state index contributed by atoms with van der Waals surface area (Å²) in [4.78, 5) is 40.3. The molecule has 0 atom stereocenters. The average molecular weight is 389 g/mol. The van der Waals surface area contributed by atoms with Crippen molar-refractivity contribution in [3.05, 3.63) is 56.4 Å². The molecule has 1 aliphatic rings. The highest BCUT2D eigenvalue weighted by Crippen LogP contribution is 2.32. The lowest BCUT2D eigenvalue weighted by molar-refractivity contribution is -0.150. The van der Waals surface area contributed by atoms with Crippen molar-refractivity contribution in [3.63, 3.8) is 0 Å². The van der Waals surface area contributed by atoms with Crippen LogP contribution >= 0.6 is 0 Å². The highest BCUT2D eigenvalue weighted by molar-refractivity contribution is 5.99. The molecule has 0 unspecified atom stereocenters. The molecule has 0 fully saturated rings. The standard InChI is InChI=1S/C18H19N3O7/c1-11(12-4-5-14-15(6-12)27-10-26-14)19-28-9-17(23)25-8-13-7-16(22)21(3)18(24)20(13)2/h4-7H,8-10H2,1-3H3. The van der Waals surface area contributed by atoms with E-state index in [2.05, 4.69) is 5.16 Å². The van der Waals surface area contributed by atoms with Crippen LogP contribution in [-0.2, 0) is 35.1 Å². The highest BCUT2D eigenvalue weighted by atomic mass is 16.7. The fourth-order valence-electron chi connectivity index (χ4n) is 2.47. The minimum atomic E-state index is -0.685. The molecule has 0 saturated heterocycles. The molecule has 10 nitrogen and oxygen atoms in total. The second-order valence-electron chi connectivity index (χ2n) is 6.05. The molecular formula is C18H19N3O7. The monoisotopic (exact) mass is 389 g/mol. The molecule has 2 heterocycles. The number of oxime groups is 1. The van der Waals surface area contributed by atoms with Crippen molar-refractivity contribution in [1.29, 1.82) is 0 Å². The summed E-state index contributed by atoms with van der Waals surface area (Å²) < 4.78 is 17.8. The SMILES string of the molecule is CC(=NOCC(=O)OCc1cc(=O)n(C)c(=O)n1C)c1ccc2c(c1)OCO2. The molecule has 3 rings (SSSR count). The van der Waals surface area contributed by atoms with Crippen LogP contribution in [0.4, 0.5) is 0 Å². The van der Waals surface area contributed by atoms with E-state index in [-0.39, 0.29) is 19.1 Å². The first-order valence-electron chi connectivity index (χ1n) is 8.35. The van der Waals surface area contributed by atoms with Gasteiger partial charge in [-0.15, -0.1) is 0 Å². The van der Waals surface area contributed by atoms with Gasteiger partial charge in [-0.25, -0.2) is 9.59 Å². The van der Waals surface area contributed by atoms with E-state index in [1.54, 1.807) is 25.1 Å². The van der Waals surface area contributed by atoms with Crippen molar-refractivity contribution in [2.45, 2.75) is 13.5 Å². The number of rotatable bonds is 6. The van der Waals surface area contributed by atoms with E-state index < -0.39 is 23.8 Å². The number of nitrogens with zero attached hydrogens (tertiary/aromatic N) is 3. The number of hydrogen-bond donors (Lipinski definition) is 0. The summed E-state index contributed by atoms with van der Waals surface area (Å²) in [6.45, 7) is 1.25. The number of ether oxygens (including phenoxy) is 3. The first-order valence-corrected chi connectivity index (χ1v) is 8.35. The predicted octanol–water partition coefficient (Wildman–Crippen LogP) is 0.297. The van der Waals surface area contributed by atoms with Gasteiger partial charge in [-0.3, -0.25) is 13.9 Å². The van der Waals surface area contributed by atoms with Gasteiger partial charge in [-0.05, 0) is 25.1 Å². The van der Waals surface area contributed by atoms with Crippen LogP contribution in [0.25, 0.3) is 0 Å². The zero-order chi connectivity index (χ0) is 20.3. The molecule has 148 valence electrons. The summed E-state index contributed by atoms with van der Waals surface area (Å²) in [6, 6.07) is 6.56. The Hall–Kier alpha value is -3.56. The highest BCUT2D eigenvalue weighted by Gasteiger charge is 2.14. The van der Waals surface area contributed by atoms with Crippen LogP contribution in [0, 0.1) is 0 Å². The molecule has 0 spiro atoms. The third-order valence-corrected chi connectivity index (χ3v) is 4.18. The Morgan fingerprint density at radius 3 is 2.68 bits per heavy atom. The Labute approximate surface area is 159 Å². The van der Waals surface area contributed by atoms with Gasteiger partial charge in [0.2, 0.25) is 13.4 Å². The Morgan fingerprint density at radius 1 is 1.14 bits per heavy atom. The third kappa shape index (κ3) is 4.05. The Balaban J connectivity index is 1.54. The minimum Gasteiger partial charge on any atom is -0.457 e. The van der Waals surface area contributed by atoms with Gasteiger partial charge in [0.15, 0.2) is 11.5 Å². The molecule has 0 aliphatic carbocycles. The lowest BCUT2D eigenvalue weighted by Gasteiger charge is -2.09. The maximum Gasteiger partial charge on any atom is 0.347 e. The van der Waals surface area contributed by atoms with Gasteiger partial charge < -0.3 is 19.0 Å². The van der Waals surface area contributed by atoms with E-state index in [4.69, 9.17) is 19.0 Å². The second-order valence-corrected chi connectivity index (χ2v) is 6.05. The second kappa shape index (κ2) is 7.99. The van der Waals surface area contributed by atoms with E-state index in [9.17, 15) is 14.4 Å². The van der Waals surface area contributed by atoms with Crippen LogP contribution < -0.4 is 20.7 Å². The van der Waals surface area contributed by atoms with Crippen LogP contribution in [0.5, 0.6) is 11.5 Å². The van der Waals surface area contributed by atoms with Crippen molar-refractivity contribution in [3.8, 4) is 11.5 Å². The third-order valence-electron chi connectivity index (χ3n) is 4.18. The van der Waals surface area contributed by atoms with Crippen molar-refractivity contribution in [2.24, 2.45) is 19.3 Å². The number of carbonyl (C=O) groups is 1. The molecule has 10 heteroatoms. The number of fused-ring (bicyclic) bond motifs is 1.